The number of amides is 1. The van der Waals surface area contributed by atoms with Crippen molar-refractivity contribution in [3.63, 3.8) is 0 Å². The minimum Gasteiger partial charge on any atom is -0.381 e. The average molecular weight is 311 g/mol. The summed E-state index contributed by atoms with van der Waals surface area (Å²) in [6.07, 6.45) is 2.85. The first-order valence-electron chi connectivity index (χ1n) is 7.67. The molecule has 0 saturated carbocycles. The van der Waals surface area contributed by atoms with Crippen LogP contribution in [0.5, 0.6) is 0 Å². The van der Waals surface area contributed by atoms with Crippen LogP contribution in [0.3, 0.4) is 0 Å². The third kappa shape index (κ3) is 4.42. The van der Waals surface area contributed by atoms with Crippen LogP contribution in [0, 0.1) is 5.92 Å². The van der Waals surface area contributed by atoms with Crippen LogP contribution in [0.4, 0.5) is 0 Å². The molecule has 1 amide bonds. The van der Waals surface area contributed by atoms with E-state index in [2.05, 4.69) is 11.9 Å². The molecule has 4 nitrogen and oxygen atoms in total. The minimum absolute atomic E-state index is 0.0334. The van der Waals surface area contributed by atoms with Crippen molar-refractivity contribution in [1.82, 2.24) is 9.88 Å². The Balaban J connectivity index is 2.12. The van der Waals surface area contributed by atoms with Crippen molar-refractivity contribution in [2.24, 2.45) is 5.92 Å². The van der Waals surface area contributed by atoms with Crippen LogP contribution in [-0.2, 0) is 11.2 Å². The zero-order chi connectivity index (χ0) is 15.2. The van der Waals surface area contributed by atoms with Crippen molar-refractivity contribution in [1.29, 1.82) is 0 Å². The molecule has 1 saturated heterocycles. The maximum atomic E-state index is 12.7. The predicted octanol–water partition coefficient (Wildman–Crippen LogP) is 3.19. The molecule has 116 valence electrons. The molecule has 0 bridgehead atoms. The van der Waals surface area contributed by atoms with Crippen molar-refractivity contribution in [3.05, 3.63) is 28.5 Å². The fourth-order valence-electron chi connectivity index (χ4n) is 2.64. The fraction of sp³-hybridized carbons (Fsp3) is 0.625. The van der Waals surface area contributed by atoms with Gasteiger partial charge in [0.15, 0.2) is 0 Å². The van der Waals surface area contributed by atoms with E-state index in [0.29, 0.717) is 23.2 Å². The van der Waals surface area contributed by atoms with E-state index in [1.807, 2.05) is 17.9 Å². The van der Waals surface area contributed by atoms with Gasteiger partial charge in [0.05, 0.1) is 6.61 Å². The number of ether oxygens (including phenoxy) is 1. The summed E-state index contributed by atoms with van der Waals surface area (Å²) >= 11 is 6.05. The lowest BCUT2D eigenvalue weighted by molar-refractivity contribution is 0.0730. The molecule has 0 aliphatic carbocycles. The first-order valence-corrected chi connectivity index (χ1v) is 8.05. The second-order valence-corrected chi connectivity index (χ2v) is 5.88. The van der Waals surface area contributed by atoms with Crippen LogP contribution < -0.4 is 0 Å². The highest BCUT2D eigenvalue weighted by atomic mass is 35.5. The number of carbonyl (C=O) groups excluding carboxylic acids is 1. The molecule has 1 unspecified atom stereocenters. The Labute approximate surface area is 131 Å². The zero-order valence-corrected chi connectivity index (χ0v) is 13.5. The molecule has 0 spiro atoms. The Bertz CT molecular complexity index is 487. The average Bonchev–Trinajstić information content (AvgIpc) is 2.96. The van der Waals surface area contributed by atoms with Gasteiger partial charge < -0.3 is 9.64 Å². The van der Waals surface area contributed by atoms with Gasteiger partial charge in [-0.15, -0.1) is 0 Å². The number of halogens is 1. The van der Waals surface area contributed by atoms with Gasteiger partial charge in [-0.05, 0) is 31.9 Å². The van der Waals surface area contributed by atoms with E-state index in [9.17, 15) is 4.79 Å². The number of rotatable bonds is 6. The van der Waals surface area contributed by atoms with E-state index >= 15 is 0 Å². The summed E-state index contributed by atoms with van der Waals surface area (Å²) in [7, 11) is 0. The van der Waals surface area contributed by atoms with Crippen LogP contribution in [0.15, 0.2) is 12.1 Å². The molecule has 1 aromatic rings. The molecule has 2 rings (SSSR count). The smallest absolute Gasteiger partial charge is 0.254 e. The molecule has 1 atom stereocenters. The number of aryl methyl sites for hydroxylation is 1. The highest BCUT2D eigenvalue weighted by Crippen LogP contribution is 2.18. The SMILES string of the molecule is CCCc1cc(C(=O)N(CC)CC2CCOC2)cc(Cl)n1. The first kappa shape index (κ1) is 16.2. The summed E-state index contributed by atoms with van der Waals surface area (Å²) in [6.45, 7) is 7.09. The molecule has 1 aromatic heterocycles. The van der Waals surface area contributed by atoms with Crippen molar-refractivity contribution in [2.75, 3.05) is 26.3 Å². The number of carbonyl (C=O) groups is 1. The van der Waals surface area contributed by atoms with Gasteiger partial charge in [-0.25, -0.2) is 4.98 Å². The third-order valence-electron chi connectivity index (χ3n) is 3.77. The van der Waals surface area contributed by atoms with E-state index in [1.165, 1.54) is 0 Å². The van der Waals surface area contributed by atoms with Gasteiger partial charge in [0.2, 0.25) is 0 Å². The second-order valence-electron chi connectivity index (χ2n) is 5.49. The fourth-order valence-corrected chi connectivity index (χ4v) is 2.86. The number of pyridine rings is 1. The number of hydrogen-bond acceptors (Lipinski definition) is 3. The van der Waals surface area contributed by atoms with Crippen LogP contribution in [0.2, 0.25) is 5.15 Å². The zero-order valence-electron chi connectivity index (χ0n) is 12.8. The number of aromatic nitrogens is 1. The summed E-state index contributed by atoms with van der Waals surface area (Å²) in [5.41, 5.74) is 1.52. The van der Waals surface area contributed by atoms with Gasteiger partial charge in [0.25, 0.3) is 5.91 Å². The Morgan fingerprint density at radius 3 is 2.90 bits per heavy atom. The van der Waals surface area contributed by atoms with Gasteiger partial charge >= 0.3 is 0 Å². The van der Waals surface area contributed by atoms with Gasteiger partial charge in [-0.1, -0.05) is 24.9 Å². The van der Waals surface area contributed by atoms with Gasteiger partial charge in [-0.3, -0.25) is 4.79 Å². The largest absolute Gasteiger partial charge is 0.381 e. The summed E-state index contributed by atoms with van der Waals surface area (Å²) in [5.74, 6) is 0.479. The Morgan fingerprint density at radius 2 is 2.29 bits per heavy atom. The van der Waals surface area contributed by atoms with E-state index in [4.69, 9.17) is 16.3 Å². The Hall–Kier alpha value is -1.13. The van der Waals surface area contributed by atoms with Crippen LogP contribution in [0.25, 0.3) is 0 Å². The maximum absolute atomic E-state index is 12.7. The second kappa shape index (κ2) is 7.76. The molecule has 0 aromatic carbocycles. The summed E-state index contributed by atoms with van der Waals surface area (Å²) in [6, 6.07) is 3.53. The molecule has 21 heavy (non-hydrogen) atoms. The molecule has 1 aliphatic rings. The third-order valence-corrected chi connectivity index (χ3v) is 3.97. The minimum atomic E-state index is 0.0334. The molecule has 5 heteroatoms. The van der Waals surface area contributed by atoms with Crippen LogP contribution in [-0.4, -0.2) is 42.1 Å². The van der Waals surface area contributed by atoms with Gasteiger partial charge in [0.1, 0.15) is 5.15 Å². The van der Waals surface area contributed by atoms with E-state index in [1.54, 1.807) is 6.07 Å². The highest BCUT2D eigenvalue weighted by Gasteiger charge is 2.22. The quantitative estimate of drug-likeness (QED) is 0.758. The van der Waals surface area contributed by atoms with Crippen LogP contribution >= 0.6 is 11.6 Å². The molecule has 2 heterocycles. The van der Waals surface area contributed by atoms with E-state index in [-0.39, 0.29) is 5.91 Å². The van der Waals surface area contributed by atoms with E-state index in [0.717, 1.165) is 44.7 Å². The van der Waals surface area contributed by atoms with Crippen molar-refractivity contribution < 1.29 is 9.53 Å². The topological polar surface area (TPSA) is 42.4 Å². The number of nitrogens with zero attached hydrogens (tertiary/aromatic N) is 2. The molecular formula is C16H23ClN2O2. The highest BCUT2D eigenvalue weighted by molar-refractivity contribution is 6.29. The standard InChI is InChI=1S/C16H23ClN2O2/c1-3-5-14-8-13(9-15(17)18-14)16(20)19(4-2)10-12-6-7-21-11-12/h8-9,12H,3-7,10-11H2,1-2H3. The lowest BCUT2D eigenvalue weighted by Gasteiger charge is -2.24. The Kier molecular flexibility index (Phi) is 6.00. The van der Waals surface area contributed by atoms with Crippen molar-refractivity contribution in [3.8, 4) is 0 Å². The summed E-state index contributed by atoms with van der Waals surface area (Å²) in [4.78, 5) is 18.8. The normalized spacial score (nSPS) is 18.0. The summed E-state index contributed by atoms with van der Waals surface area (Å²) in [5, 5.41) is 0.393. The Morgan fingerprint density at radius 1 is 1.48 bits per heavy atom. The van der Waals surface area contributed by atoms with Gasteiger partial charge in [0, 0.05) is 36.9 Å². The summed E-state index contributed by atoms with van der Waals surface area (Å²) < 4.78 is 5.39. The molecular weight excluding hydrogens is 288 g/mol. The molecule has 1 aliphatic heterocycles. The molecule has 0 radical (unpaired) electrons. The van der Waals surface area contributed by atoms with E-state index < -0.39 is 0 Å². The molecule has 1 fully saturated rings. The van der Waals surface area contributed by atoms with Crippen LogP contribution in [0.1, 0.15) is 42.7 Å². The lowest BCUT2D eigenvalue weighted by Crippen LogP contribution is -2.35. The van der Waals surface area contributed by atoms with Crippen molar-refractivity contribution >= 4 is 17.5 Å². The first-order chi connectivity index (χ1) is 10.1. The number of hydrogen-bond donors (Lipinski definition) is 0. The molecule has 0 N–H and O–H groups in total. The predicted molar refractivity (Wildman–Crippen MR) is 83.7 cm³/mol. The maximum Gasteiger partial charge on any atom is 0.254 e. The van der Waals surface area contributed by atoms with Crippen molar-refractivity contribution in [2.45, 2.75) is 33.1 Å². The lowest BCUT2D eigenvalue weighted by atomic mass is 10.1. The van der Waals surface area contributed by atoms with Gasteiger partial charge in [-0.2, -0.15) is 0 Å². The monoisotopic (exact) mass is 310 g/mol.